The fourth-order valence-electron chi connectivity index (χ4n) is 1.17. The van der Waals surface area contributed by atoms with Gasteiger partial charge in [0.15, 0.2) is 0 Å². The number of aliphatic hydroxyl groups excluding tert-OH is 1. The zero-order chi connectivity index (χ0) is 7.61. The molecule has 0 aromatic heterocycles. The number of rotatable bonds is 1. The van der Waals surface area contributed by atoms with E-state index in [2.05, 4.69) is 0 Å². The topological polar surface area (TPSA) is 23.5 Å². The number of aliphatic hydroxyl groups is 1. The van der Waals surface area contributed by atoms with E-state index in [-0.39, 0.29) is 19.7 Å². The standard InChI is InChI=1S/C6H11F2NO/c7-6(8)2-1-3-9(4-6)5-10/h10H,1-5H2. The second-order valence-electron chi connectivity index (χ2n) is 2.65. The molecule has 1 heterocycles. The minimum absolute atomic E-state index is 0.0382. The van der Waals surface area contributed by atoms with Gasteiger partial charge in [0.1, 0.15) is 0 Å². The molecule has 0 atom stereocenters. The Morgan fingerprint density at radius 1 is 1.50 bits per heavy atom. The molecule has 0 radical (unpaired) electrons. The van der Waals surface area contributed by atoms with Crippen LogP contribution in [-0.2, 0) is 0 Å². The maximum atomic E-state index is 12.5. The molecule has 1 fully saturated rings. The molecule has 1 saturated heterocycles. The predicted octanol–water partition coefficient (Wildman–Crippen LogP) is 0.667. The van der Waals surface area contributed by atoms with Crippen LogP contribution in [-0.4, -0.2) is 35.7 Å². The van der Waals surface area contributed by atoms with Crippen molar-refractivity contribution in [1.29, 1.82) is 0 Å². The molecule has 4 heteroatoms. The quantitative estimate of drug-likeness (QED) is 0.595. The number of nitrogens with zero attached hydrogens (tertiary/aromatic N) is 1. The first kappa shape index (κ1) is 7.88. The van der Waals surface area contributed by atoms with E-state index >= 15 is 0 Å². The third-order valence-electron chi connectivity index (χ3n) is 1.67. The molecule has 60 valence electrons. The minimum atomic E-state index is -2.58. The van der Waals surface area contributed by atoms with Gasteiger partial charge in [0.05, 0.1) is 13.3 Å². The van der Waals surface area contributed by atoms with E-state index in [1.165, 1.54) is 4.90 Å². The van der Waals surface area contributed by atoms with E-state index < -0.39 is 5.92 Å². The average molecular weight is 151 g/mol. The molecule has 0 saturated carbocycles. The van der Waals surface area contributed by atoms with Crippen molar-refractivity contribution >= 4 is 0 Å². The Labute approximate surface area is 58.4 Å². The highest BCUT2D eigenvalue weighted by Gasteiger charge is 2.34. The number of alkyl halides is 2. The molecule has 2 nitrogen and oxygen atoms in total. The Hall–Kier alpha value is -0.220. The van der Waals surface area contributed by atoms with Crippen LogP contribution in [0.4, 0.5) is 8.78 Å². The normalized spacial score (nSPS) is 26.7. The van der Waals surface area contributed by atoms with E-state index in [0.717, 1.165) is 0 Å². The van der Waals surface area contributed by atoms with Gasteiger partial charge < -0.3 is 5.11 Å². The van der Waals surface area contributed by atoms with E-state index in [0.29, 0.717) is 13.0 Å². The molecule has 0 aromatic carbocycles. The molecular weight excluding hydrogens is 140 g/mol. The summed E-state index contributed by atoms with van der Waals surface area (Å²) in [5.41, 5.74) is 0. The molecule has 0 aliphatic carbocycles. The summed E-state index contributed by atoms with van der Waals surface area (Å²) in [6.45, 7) is 0.0468. The maximum Gasteiger partial charge on any atom is 0.260 e. The molecule has 0 spiro atoms. The lowest BCUT2D eigenvalue weighted by Crippen LogP contribution is -2.42. The Kier molecular flexibility index (Phi) is 2.21. The molecule has 1 N–H and O–H groups in total. The van der Waals surface area contributed by atoms with Gasteiger partial charge in [-0.1, -0.05) is 0 Å². The van der Waals surface area contributed by atoms with Crippen LogP contribution in [0.5, 0.6) is 0 Å². The van der Waals surface area contributed by atoms with Crippen molar-refractivity contribution in [2.75, 3.05) is 19.8 Å². The summed E-state index contributed by atoms with van der Waals surface area (Å²) < 4.78 is 25.0. The van der Waals surface area contributed by atoms with Crippen molar-refractivity contribution in [2.24, 2.45) is 0 Å². The highest BCUT2D eigenvalue weighted by atomic mass is 19.3. The second kappa shape index (κ2) is 2.80. The van der Waals surface area contributed by atoms with Crippen molar-refractivity contribution in [2.45, 2.75) is 18.8 Å². The molecule has 0 unspecified atom stereocenters. The van der Waals surface area contributed by atoms with Crippen LogP contribution in [0, 0.1) is 0 Å². The predicted molar refractivity (Wildman–Crippen MR) is 32.8 cm³/mol. The fourth-order valence-corrected chi connectivity index (χ4v) is 1.17. The van der Waals surface area contributed by atoms with Crippen LogP contribution in [0.3, 0.4) is 0 Å². The SMILES string of the molecule is OCN1CCCC(F)(F)C1. The Morgan fingerprint density at radius 3 is 2.60 bits per heavy atom. The minimum Gasteiger partial charge on any atom is -0.381 e. The van der Waals surface area contributed by atoms with Gasteiger partial charge in [-0.2, -0.15) is 0 Å². The van der Waals surface area contributed by atoms with Gasteiger partial charge in [0, 0.05) is 13.0 Å². The van der Waals surface area contributed by atoms with E-state index in [9.17, 15) is 8.78 Å². The third kappa shape index (κ3) is 1.88. The Morgan fingerprint density at radius 2 is 2.20 bits per heavy atom. The van der Waals surface area contributed by atoms with Gasteiger partial charge in [0.2, 0.25) is 0 Å². The van der Waals surface area contributed by atoms with Crippen molar-refractivity contribution < 1.29 is 13.9 Å². The number of piperidine rings is 1. The molecule has 0 amide bonds. The van der Waals surface area contributed by atoms with Crippen molar-refractivity contribution in [3.63, 3.8) is 0 Å². The Balaban J connectivity index is 2.40. The summed E-state index contributed by atoms with van der Waals surface area (Å²) in [7, 11) is 0. The smallest absolute Gasteiger partial charge is 0.260 e. The molecule has 0 bridgehead atoms. The summed E-state index contributed by atoms with van der Waals surface area (Å²) in [4.78, 5) is 1.35. The zero-order valence-corrected chi connectivity index (χ0v) is 5.69. The maximum absolute atomic E-state index is 12.5. The number of hydrogen-bond acceptors (Lipinski definition) is 2. The monoisotopic (exact) mass is 151 g/mol. The summed E-state index contributed by atoms with van der Waals surface area (Å²) in [5.74, 6) is -2.58. The van der Waals surface area contributed by atoms with Crippen LogP contribution >= 0.6 is 0 Å². The van der Waals surface area contributed by atoms with Gasteiger partial charge in [-0.25, -0.2) is 8.78 Å². The lowest BCUT2D eigenvalue weighted by molar-refractivity contribution is -0.0824. The van der Waals surface area contributed by atoms with Crippen LogP contribution < -0.4 is 0 Å². The fraction of sp³-hybridized carbons (Fsp3) is 1.00. The number of hydrogen-bond donors (Lipinski definition) is 1. The summed E-state index contributed by atoms with van der Waals surface area (Å²) in [6, 6.07) is 0. The van der Waals surface area contributed by atoms with Crippen molar-refractivity contribution in [3.8, 4) is 0 Å². The van der Waals surface area contributed by atoms with Crippen LogP contribution in [0.2, 0.25) is 0 Å². The van der Waals surface area contributed by atoms with Crippen molar-refractivity contribution in [1.82, 2.24) is 4.90 Å². The van der Waals surface area contributed by atoms with E-state index in [1.54, 1.807) is 0 Å². The average Bonchev–Trinajstić information content (AvgIpc) is 1.86. The first-order chi connectivity index (χ1) is 4.64. The van der Waals surface area contributed by atoms with Crippen LogP contribution in [0.25, 0.3) is 0 Å². The number of halogens is 2. The summed E-state index contributed by atoms with van der Waals surface area (Å²) >= 11 is 0. The summed E-state index contributed by atoms with van der Waals surface area (Å²) in [6.07, 6.45) is 0.442. The largest absolute Gasteiger partial charge is 0.381 e. The zero-order valence-electron chi connectivity index (χ0n) is 5.69. The molecule has 1 aliphatic rings. The van der Waals surface area contributed by atoms with Gasteiger partial charge in [-0.3, -0.25) is 4.90 Å². The summed E-state index contributed by atoms with van der Waals surface area (Å²) in [5, 5.41) is 8.52. The Bertz CT molecular complexity index is 118. The third-order valence-corrected chi connectivity index (χ3v) is 1.67. The first-order valence-corrected chi connectivity index (χ1v) is 3.35. The molecule has 1 aliphatic heterocycles. The number of likely N-dealkylation sites (tertiary alicyclic amines) is 1. The van der Waals surface area contributed by atoms with Crippen molar-refractivity contribution in [3.05, 3.63) is 0 Å². The van der Waals surface area contributed by atoms with Gasteiger partial charge in [0.25, 0.3) is 5.92 Å². The van der Waals surface area contributed by atoms with Crippen LogP contribution in [0.15, 0.2) is 0 Å². The van der Waals surface area contributed by atoms with Crippen LogP contribution in [0.1, 0.15) is 12.8 Å². The second-order valence-corrected chi connectivity index (χ2v) is 2.65. The van der Waals surface area contributed by atoms with Gasteiger partial charge in [-0.05, 0) is 6.42 Å². The highest BCUT2D eigenvalue weighted by molar-refractivity contribution is 4.76. The van der Waals surface area contributed by atoms with E-state index in [4.69, 9.17) is 5.11 Å². The molecule has 1 rings (SSSR count). The lowest BCUT2D eigenvalue weighted by atomic mass is 10.1. The van der Waals surface area contributed by atoms with E-state index in [1.807, 2.05) is 0 Å². The first-order valence-electron chi connectivity index (χ1n) is 3.35. The highest BCUT2D eigenvalue weighted by Crippen LogP contribution is 2.25. The molecule has 10 heavy (non-hydrogen) atoms. The molecule has 0 aromatic rings. The lowest BCUT2D eigenvalue weighted by Gasteiger charge is -2.30. The van der Waals surface area contributed by atoms with Gasteiger partial charge in [-0.15, -0.1) is 0 Å². The molecular formula is C6H11F2NO. The van der Waals surface area contributed by atoms with Gasteiger partial charge >= 0.3 is 0 Å².